The molecule has 1 N–H and O–H groups in total. The smallest absolute Gasteiger partial charge is 0.136 e. The van der Waals surface area contributed by atoms with Gasteiger partial charge in [0.15, 0.2) is 0 Å². The number of ether oxygens (including phenoxy) is 1. The van der Waals surface area contributed by atoms with Crippen LogP contribution in [0.3, 0.4) is 0 Å². The predicted molar refractivity (Wildman–Crippen MR) is 111 cm³/mol. The van der Waals surface area contributed by atoms with E-state index >= 15 is 0 Å². The van der Waals surface area contributed by atoms with Gasteiger partial charge in [0.05, 0.1) is 34.9 Å². The van der Waals surface area contributed by atoms with Crippen LogP contribution in [0.2, 0.25) is 0 Å². The Morgan fingerprint density at radius 1 is 1.24 bits per heavy atom. The molecule has 2 aromatic rings. The molecule has 4 aliphatic carbocycles. The summed E-state index contributed by atoms with van der Waals surface area (Å²) in [5.74, 6) is 1.94. The molecule has 5 nitrogen and oxygen atoms in total. The SMILES string of the molecule is CC1(C)C2CC(OCc3nc4cc(C#N)ccc4n3C3CCCCC3)C(O)C1C2. The average molecular weight is 394 g/mol. The number of benzene rings is 1. The van der Waals surface area contributed by atoms with E-state index in [1.165, 1.54) is 32.1 Å². The molecule has 4 aliphatic rings. The number of aromatic nitrogens is 2. The topological polar surface area (TPSA) is 71.1 Å². The fourth-order valence-electron chi connectivity index (χ4n) is 6.13. The number of fused-ring (bicyclic) bond motifs is 3. The fraction of sp³-hybridized carbons (Fsp3) is 0.667. The lowest BCUT2D eigenvalue weighted by atomic mass is 9.47. The van der Waals surface area contributed by atoms with Gasteiger partial charge < -0.3 is 14.4 Å². The number of hydrogen-bond donors (Lipinski definition) is 1. The van der Waals surface area contributed by atoms with Gasteiger partial charge >= 0.3 is 0 Å². The van der Waals surface area contributed by atoms with Crippen LogP contribution in [-0.2, 0) is 11.3 Å². The third-order valence-electron chi connectivity index (χ3n) is 8.11. The van der Waals surface area contributed by atoms with Crippen molar-refractivity contribution < 1.29 is 9.84 Å². The van der Waals surface area contributed by atoms with Gasteiger partial charge in [-0.15, -0.1) is 0 Å². The molecule has 2 bridgehead atoms. The molecule has 4 atom stereocenters. The highest BCUT2D eigenvalue weighted by Crippen LogP contribution is 2.59. The summed E-state index contributed by atoms with van der Waals surface area (Å²) >= 11 is 0. The summed E-state index contributed by atoms with van der Waals surface area (Å²) in [6.07, 6.45) is 7.74. The molecule has 0 spiro atoms. The first-order valence-corrected chi connectivity index (χ1v) is 11.2. The molecule has 5 heteroatoms. The molecule has 6 rings (SSSR count). The molecule has 154 valence electrons. The van der Waals surface area contributed by atoms with E-state index < -0.39 is 0 Å². The zero-order valence-electron chi connectivity index (χ0n) is 17.5. The minimum absolute atomic E-state index is 0.0962. The molecule has 4 fully saturated rings. The molecule has 1 heterocycles. The van der Waals surface area contributed by atoms with E-state index in [2.05, 4.69) is 24.5 Å². The van der Waals surface area contributed by atoms with Crippen molar-refractivity contribution in [2.24, 2.45) is 17.3 Å². The maximum atomic E-state index is 10.8. The van der Waals surface area contributed by atoms with Gasteiger partial charge in [-0.2, -0.15) is 5.26 Å². The minimum Gasteiger partial charge on any atom is -0.390 e. The highest BCUT2D eigenvalue weighted by Gasteiger charge is 2.57. The number of hydrogen-bond acceptors (Lipinski definition) is 4. The van der Waals surface area contributed by atoms with Gasteiger partial charge in [-0.3, -0.25) is 0 Å². The monoisotopic (exact) mass is 393 g/mol. The average Bonchev–Trinajstić information content (AvgIpc) is 3.10. The standard InChI is InChI=1S/C24H31N3O2/c1-24(2)16-11-18(24)23(28)21(12-16)29-14-22-26-19-10-15(13-25)8-9-20(19)27(22)17-6-4-3-5-7-17/h8-10,16-18,21,23,28H,3-7,11-12,14H2,1-2H3. The van der Waals surface area contributed by atoms with Crippen molar-refractivity contribution in [2.75, 3.05) is 0 Å². The summed E-state index contributed by atoms with van der Waals surface area (Å²) in [5, 5.41) is 20.1. The molecule has 0 amide bonds. The summed E-state index contributed by atoms with van der Waals surface area (Å²) in [6, 6.07) is 8.47. The van der Waals surface area contributed by atoms with E-state index in [9.17, 15) is 10.4 Å². The first-order valence-electron chi connectivity index (χ1n) is 11.2. The van der Waals surface area contributed by atoms with Crippen LogP contribution in [0.15, 0.2) is 18.2 Å². The second kappa shape index (κ2) is 7.11. The Kier molecular flexibility index (Phi) is 4.68. The Bertz CT molecular complexity index is 951. The molecule has 4 unspecified atom stereocenters. The van der Waals surface area contributed by atoms with Crippen molar-refractivity contribution in [3.05, 3.63) is 29.6 Å². The largest absolute Gasteiger partial charge is 0.390 e. The Hall–Kier alpha value is -1.90. The van der Waals surface area contributed by atoms with Gasteiger partial charge in [-0.05, 0) is 61.1 Å². The van der Waals surface area contributed by atoms with E-state index in [0.29, 0.717) is 30.0 Å². The number of nitrogens with zero attached hydrogens (tertiary/aromatic N) is 3. The number of aliphatic hydroxyl groups is 1. The van der Waals surface area contributed by atoms with Crippen molar-refractivity contribution in [3.63, 3.8) is 0 Å². The van der Waals surface area contributed by atoms with Crippen LogP contribution in [0.4, 0.5) is 0 Å². The summed E-state index contributed by atoms with van der Waals surface area (Å²) in [5.41, 5.74) is 2.86. The van der Waals surface area contributed by atoms with Crippen molar-refractivity contribution in [3.8, 4) is 6.07 Å². The second-order valence-electron chi connectivity index (χ2n) is 9.94. The highest BCUT2D eigenvalue weighted by molar-refractivity contribution is 5.78. The molecular weight excluding hydrogens is 362 g/mol. The molecular formula is C24H31N3O2. The van der Waals surface area contributed by atoms with Gasteiger partial charge in [-0.1, -0.05) is 33.1 Å². The molecule has 0 saturated heterocycles. The summed E-state index contributed by atoms with van der Waals surface area (Å²) in [4.78, 5) is 4.87. The molecule has 0 radical (unpaired) electrons. The van der Waals surface area contributed by atoms with Gasteiger partial charge in [0, 0.05) is 6.04 Å². The maximum Gasteiger partial charge on any atom is 0.136 e. The quantitative estimate of drug-likeness (QED) is 0.815. The molecule has 1 aromatic carbocycles. The Morgan fingerprint density at radius 2 is 2.03 bits per heavy atom. The van der Waals surface area contributed by atoms with Crippen LogP contribution in [0, 0.1) is 28.6 Å². The molecule has 29 heavy (non-hydrogen) atoms. The van der Waals surface area contributed by atoms with E-state index in [0.717, 1.165) is 29.7 Å². The third kappa shape index (κ3) is 3.08. The molecule has 1 aromatic heterocycles. The van der Waals surface area contributed by atoms with Crippen molar-refractivity contribution in [1.29, 1.82) is 5.26 Å². The van der Waals surface area contributed by atoms with E-state index in [4.69, 9.17) is 9.72 Å². The first kappa shape index (κ1) is 19.1. The Morgan fingerprint density at radius 3 is 2.72 bits per heavy atom. The lowest BCUT2D eigenvalue weighted by Crippen LogP contribution is -2.60. The second-order valence-corrected chi connectivity index (χ2v) is 9.94. The lowest BCUT2D eigenvalue weighted by molar-refractivity contribution is -0.210. The first-order chi connectivity index (χ1) is 14.0. The molecule has 0 aliphatic heterocycles. The van der Waals surface area contributed by atoms with Gasteiger partial charge in [0.25, 0.3) is 0 Å². The van der Waals surface area contributed by atoms with Crippen LogP contribution in [0.1, 0.15) is 76.2 Å². The predicted octanol–water partition coefficient (Wildman–Crippen LogP) is 4.73. The maximum absolute atomic E-state index is 10.8. The van der Waals surface area contributed by atoms with E-state index in [1.807, 2.05) is 18.2 Å². The van der Waals surface area contributed by atoms with E-state index in [-0.39, 0.29) is 17.6 Å². The number of rotatable bonds is 4. The van der Waals surface area contributed by atoms with Gasteiger partial charge in [0.2, 0.25) is 0 Å². The molecule has 4 saturated carbocycles. The van der Waals surface area contributed by atoms with Crippen LogP contribution in [0.25, 0.3) is 11.0 Å². The van der Waals surface area contributed by atoms with Crippen LogP contribution in [-0.4, -0.2) is 26.9 Å². The van der Waals surface area contributed by atoms with Gasteiger partial charge in [0.1, 0.15) is 12.4 Å². The number of imidazole rings is 1. The Labute approximate surface area is 172 Å². The number of aliphatic hydroxyl groups excluding tert-OH is 1. The summed E-state index contributed by atoms with van der Waals surface area (Å²) < 4.78 is 8.65. The zero-order chi connectivity index (χ0) is 20.2. The Balaban J connectivity index is 1.41. The highest BCUT2D eigenvalue weighted by atomic mass is 16.5. The summed E-state index contributed by atoms with van der Waals surface area (Å²) in [6.45, 7) is 4.98. The number of nitriles is 1. The minimum atomic E-state index is -0.382. The van der Waals surface area contributed by atoms with Crippen molar-refractivity contribution >= 4 is 11.0 Å². The van der Waals surface area contributed by atoms with Crippen LogP contribution >= 0.6 is 0 Å². The van der Waals surface area contributed by atoms with Gasteiger partial charge in [-0.25, -0.2) is 4.98 Å². The van der Waals surface area contributed by atoms with Crippen LogP contribution in [0.5, 0.6) is 0 Å². The fourth-order valence-corrected chi connectivity index (χ4v) is 6.13. The van der Waals surface area contributed by atoms with Crippen molar-refractivity contribution in [2.45, 2.75) is 83.6 Å². The van der Waals surface area contributed by atoms with E-state index in [1.54, 1.807) is 0 Å². The summed E-state index contributed by atoms with van der Waals surface area (Å²) in [7, 11) is 0. The normalized spacial score (nSPS) is 31.4. The van der Waals surface area contributed by atoms with Crippen molar-refractivity contribution in [1.82, 2.24) is 9.55 Å². The zero-order valence-corrected chi connectivity index (χ0v) is 17.5. The lowest BCUT2D eigenvalue weighted by Gasteiger charge is -2.60. The third-order valence-corrected chi connectivity index (χ3v) is 8.11. The van der Waals surface area contributed by atoms with Crippen LogP contribution < -0.4 is 0 Å².